The third-order valence-electron chi connectivity index (χ3n) is 4.50. The van der Waals surface area contributed by atoms with Gasteiger partial charge >= 0.3 is 0 Å². The largest absolute Gasteiger partial charge is 0.370 e. The van der Waals surface area contributed by atoms with Crippen molar-refractivity contribution >= 4 is 21.8 Å². The van der Waals surface area contributed by atoms with Gasteiger partial charge in [0.15, 0.2) is 0 Å². The molecular weight excluding hydrogens is 393 g/mol. The van der Waals surface area contributed by atoms with Gasteiger partial charge in [-0.15, -0.1) is 0 Å². The average molecular weight is 415 g/mol. The van der Waals surface area contributed by atoms with Crippen LogP contribution >= 0.6 is 0 Å². The molecular formula is C20H22FN5O2S. The maximum absolute atomic E-state index is 13.7. The van der Waals surface area contributed by atoms with Crippen LogP contribution in [0.3, 0.4) is 0 Å². The van der Waals surface area contributed by atoms with Crippen LogP contribution < -0.4 is 16.2 Å². The summed E-state index contributed by atoms with van der Waals surface area (Å²) < 4.78 is 36.4. The van der Waals surface area contributed by atoms with E-state index in [0.717, 1.165) is 16.7 Å². The Bertz CT molecular complexity index is 1150. The van der Waals surface area contributed by atoms with Crippen LogP contribution in [0.15, 0.2) is 47.4 Å². The van der Waals surface area contributed by atoms with E-state index in [1.165, 1.54) is 18.2 Å². The highest BCUT2D eigenvalue weighted by Gasteiger charge is 2.11. The monoisotopic (exact) mass is 415 g/mol. The molecule has 0 radical (unpaired) electrons. The molecule has 0 spiro atoms. The van der Waals surface area contributed by atoms with Crippen molar-refractivity contribution in [2.24, 2.45) is 5.14 Å². The van der Waals surface area contributed by atoms with E-state index < -0.39 is 10.0 Å². The van der Waals surface area contributed by atoms with Gasteiger partial charge in [0.05, 0.1) is 10.6 Å². The SMILES string of the molecule is Cc1cc(-c2cc(NCCc3ccc(S(N)(=O)=O)cc3)nc(N)n2)c(C)cc1F. The number of hydrogen-bond acceptors (Lipinski definition) is 6. The van der Waals surface area contributed by atoms with Crippen molar-refractivity contribution in [2.75, 3.05) is 17.6 Å². The number of nitrogen functional groups attached to an aromatic ring is 1. The molecule has 1 heterocycles. The molecule has 0 bridgehead atoms. The van der Waals surface area contributed by atoms with E-state index >= 15 is 0 Å². The van der Waals surface area contributed by atoms with Crippen molar-refractivity contribution < 1.29 is 12.8 Å². The Morgan fingerprint density at radius 3 is 2.38 bits per heavy atom. The van der Waals surface area contributed by atoms with Gasteiger partial charge in [-0.3, -0.25) is 0 Å². The molecule has 0 atom stereocenters. The van der Waals surface area contributed by atoms with Crippen LogP contribution in [-0.4, -0.2) is 24.9 Å². The number of aromatic nitrogens is 2. The smallest absolute Gasteiger partial charge is 0.238 e. The minimum Gasteiger partial charge on any atom is -0.370 e. The van der Waals surface area contributed by atoms with Crippen molar-refractivity contribution in [2.45, 2.75) is 25.2 Å². The first kappa shape index (κ1) is 20.7. The molecule has 0 aliphatic carbocycles. The molecule has 0 amide bonds. The second kappa shape index (κ2) is 8.14. The lowest BCUT2D eigenvalue weighted by atomic mass is 10.0. The molecule has 0 saturated heterocycles. The molecule has 0 unspecified atom stereocenters. The van der Waals surface area contributed by atoms with E-state index in [0.29, 0.717) is 30.0 Å². The number of benzene rings is 2. The van der Waals surface area contributed by atoms with Gasteiger partial charge in [-0.1, -0.05) is 12.1 Å². The van der Waals surface area contributed by atoms with Crippen LogP contribution in [0.2, 0.25) is 0 Å². The first-order valence-electron chi connectivity index (χ1n) is 8.91. The van der Waals surface area contributed by atoms with Crippen LogP contribution in [0, 0.1) is 19.7 Å². The molecule has 9 heteroatoms. The maximum atomic E-state index is 13.7. The molecule has 29 heavy (non-hydrogen) atoms. The molecule has 3 rings (SSSR count). The van der Waals surface area contributed by atoms with E-state index in [9.17, 15) is 12.8 Å². The molecule has 0 aliphatic heterocycles. The summed E-state index contributed by atoms with van der Waals surface area (Å²) in [6.07, 6.45) is 0.638. The van der Waals surface area contributed by atoms with Gasteiger partial charge in [-0.25, -0.2) is 22.9 Å². The number of hydrogen-bond donors (Lipinski definition) is 3. The van der Waals surface area contributed by atoms with Crippen LogP contribution in [0.25, 0.3) is 11.3 Å². The highest BCUT2D eigenvalue weighted by atomic mass is 32.2. The summed E-state index contributed by atoms with van der Waals surface area (Å²) in [6.45, 7) is 4.06. The Morgan fingerprint density at radius 2 is 1.72 bits per heavy atom. The van der Waals surface area contributed by atoms with Crippen molar-refractivity contribution in [1.82, 2.24) is 9.97 Å². The average Bonchev–Trinajstić information content (AvgIpc) is 2.64. The molecule has 3 aromatic rings. The van der Waals surface area contributed by atoms with Crippen LogP contribution in [0.1, 0.15) is 16.7 Å². The van der Waals surface area contributed by atoms with E-state index in [-0.39, 0.29) is 16.7 Å². The lowest BCUT2D eigenvalue weighted by molar-refractivity contribution is 0.597. The Morgan fingerprint density at radius 1 is 1.03 bits per heavy atom. The zero-order valence-corrected chi connectivity index (χ0v) is 16.9. The zero-order valence-electron chi connectivity index (χ0n) is 16.1. The topological polar surface area (TPSA) is 124 Å². The number of nitrogens with zero attached hydrogens (tertiary/aromatic N) is 2. The van der Waals surface area contributed by atoms with Gasteiger partial charge in [0, 0.05) is 18.2 Å². The van der Waals surface area contributed by atoms with Crippen molar-refractivity contribution in [3.63, 3.8) is 0 Å². The Labute approximate surface area is 169 Å². The highest BCUT2D eigenvalue weighted by molar-refractivity contribution is 7.89. The number of aryl methyl sites for hydroxylation is 2. The first-order valence-corrected chi connectivity index (χ1v) is 10.5. The van der Waals surface area contributed by atoms with E-state index in [1.807, 2.05) is 6.92 Å². The molecule has 0 saturated carbocycles. The van der Waals surface area contributed by atoms with Crippen molar-refractivity contribution in [3.05, 3.63) is 65.0 Å². The van der Waals surface area contributed by atoms with Crippen LogP contribution in [-0.2, 0) is 16.4 Å². The molecule has 7 nitrogen and oxygen atoms in total. The van der Waals surface area contributed by atoms with Crippen molar-refractivity contribution in [1.29, 1.82) is 0 Å². The summed E-state index contributed by atoms with van der Waals surface area (Å²) in [5.74, 6) is 0.402. The van der Waals surface area contributed by atoms with Gasteiger partial charge in [0.25, 0.3) is 0 Å². The number of nitrogens with two attached hydrogens (primary N) is 2. The minimum absolute atomic E-state index is 0.0763. The number of halogens is 1. The van der Waals surface area contributed by atoms with E-state index in [2.05, 4.69) is 15.3 Å². The third-order valence-corrected chi connectivity index (χ3v) is 5.43. The number of nitrogens with one attached hydrogen (secondary N) is 1. The Hall–Kier alpha value is -3.04. The van der Waals surface area contributed by atoms with Crippen LogP contribution in [0.5, 0.6) is 0 Å². The quantitative estimate of drug-likeness (QED) is 0.569. The lowest BCUT2D eigenvalue weighted by Gasteiger charge is -2.11. The first-order chi connectivity index (χ1) is 13.6. The Kier molecular flexibility index (Phi) is 5.81. The second-order valence-corrected chi connectivity index (χ2v) is 8.34. The number of anilines is 2. The number of sulfonamides is 1. The van der Waals surface area contributed by atoms with E-state index in [4.69, 9.17) is 10.9 Å². The molecule has 2 aromatic carbocycles. The summed E-state index contributed by atoms with van der Waals surface area (Å²) in [6, 6.07) is 11.4. The normalized spacial score (nSPS) is 11.4. The summed E-state index contributed by atoms with van der Waals surface area (Å²) in [4.78, 5) is 8.54. The van der Waals surface area contributed by atoms with Crippen LogP contribution in [0.4, 0.5) is 16.2 Å². The number of rotatable bonds is 6. The fraction of sp³-hybridized carbons (Fsp3) is 0.200. The fourth-order valence-corrected chi connectivity index (χ4v) is 3.45. The maximum Gasteiger partial charge on any atom is 0.238 e. The molecule has 1 aromatic heterocycles. The summed E-state index contributed by atoms with van der Waals surface area (Å²) in [5, 5.41) is 8.29. The van der Waals surface area contributed by atoms with Gasteiger partial charge in [-0.05, 0) is 61.2 Å². The zero-order chi connectivity index (χ0) is 21.2. The van der Waals surface area contributed by atoms with Gasteiger partial charge in [0.1, 0.15) is 11.6 Å². The van der Waals surface area contributed by atoms with Gasteiger partial charge in [0.2, 0.25) is 16.0 Å². The Balaban J connectivity index is 1.73. The standard InChI is InChI=1S/C20H22FN5O2S/c1-12-10-17(21)13(2)9-16(12)18-11-19(26-20(22)25-18)24-8-7-14-3-5-15(6-4-14)29(23,27)28/h3-6,9-11H,7-8H2,1-2H3,(H2,23,27,28)(H3,22,24,25,26). The van der Waals surface area contributed by atoms with Gasteiger partial charge < -0.3 is 11.1 Å². The lowest BCUT2D eigenvalue weighted by Crippen LogP contribution is -2.12. The second-order valence-electron chi connectivity index (χ2n) is 6.78. The third kappa shape index (κ3) is 5.07. The van der Waals surface area contributed by atoms with E-state index in [1.54, 1.807) is 31.2 Å². The summed E-state index contributed by atoms with van der Waals surface area (Å²) >= 11 is 0. The fourth-order valence-electron chi connectivity index (χ4n) is 2.93. The summed E-state index contributed by atoms with van der Waals surface area (Å²) in [5.41, 5.74) is 9.48. The molecule has 152 valence electrons. The predicted octanol–water partition coefficient (Wildman–Crippen LogP) is 2.78. The van der Waals surface area contributed by atoms with Crippen molar-refractivity contribution in [3.8, 4) is 11.3 Å². The molecule has 0 fully saturated rings. The number of primary sulfonamides is 1. The predicted molar refractivity (Wildman–Crippen MR) is 111 cm³/mol. The molecule has 0 aliphatic rings. The van der Waals surface area contributed by atoms with Gasteiger partial charge in [-0.2, -0.15) is 4.98 Å². The summed E-state index contributed by atoms with van der Waals surface area (Å²) in [7, 11) is -3.70. The minimum atomic E-state index is -3.70. The molecule has 5 N–H and O–H groups in total. The highest BCUT2D eigenvalue weighted by Crippen LogP contribution is 2.26.